The molecule has 1 fully saturated rings. The van der Waals surface area contributed by atoms with Gasteiger partial charge in [-0.15, -0.1) is 0 Å². The van der Waals surface area contributed by atoms with Gasteiger partial charge in [-0.25, -0.2) is 12.7 Å². The van der Waals surface area contributed by atoms with Crippen molar-refractivity contribution in [3.63, 3.8) is 0 Å². The second-order valence-electron chi connectivity index (χ2n) is 5.79. The maximum absolute atomic E-state index is 12.2. The first kappa shape index (κ1) is 16.0. The maximum atomic E-state index is 12.2. The minimum absolute atomic E-state index is 0.0617. The number of rotatable bonds is 5. The number of nitrogens with zero attached hydrogens (tertiary/aromatic N) is 2. The fourth-order valence-corrected chi connectivity index (χ4v) is 4.36. The standard InChI is InChI=1S/C16H24N2O2S/c1-14(2)13-21(19,20)18-11-9-16(10-12-18)17(3)15-7-5-4-6-8-15/h4-8,16H,1,9-13H2,2-3H3. The largest absolute Gasteiger partial charge is 0.372 e. The van der Waals surface area contributed by atoms with E-state index >= 15 is 0 Å². The van der Waals surface area contributed by atoms with Crippen molar-refractivity contribution in [2.75, 3.05) is 30.8 Å². The Kier molecular flexibility index (Phi) is 5.06. The Morgan fingerprint density at radius 1 is 1.29 bits per heavy atom. The van der Waals surface area contributed by atoms with E-state index in [2.05, 4.69) is 30.7 Å². The third-order valence-electron chi connectivity index (χ3n) is 3.96. The summed E-state index contributed by atoms with van der Waals surface area (Å²) in [5.74, 6) is 0.0617. The van der Waals surface area contributed by atoms with Crippen molar-refractivity contribution in [3.8, 4) is 0 Å². The van der Waals surface area contributed by atoms with Crippen molar-refractivity contribution in [3.05, 3.63) is 42.5 Å². The zero-order chi connectivity index (χ0) is 15.5. The average molecular weight is 308 g/mol. The zero-order valence-electron chi connectivity index (χ0n) is 12.8. The van der Waals surface area contributed by atoms with Gasteiger partial charge in [0.15, 0.2) is 0 Å². The van der Waals surface area contributed by atoms with Crippen LogP contribution in [0.4, 0.5) is 5.69 Å². The highest BCUT2D eigenvalue weighted by Gasteiger charge is 2.29. The molecule has 0 unspecified atom stereocenters. The lowest BCUT2D eigenvalue weighted by Crippen LogP contribution is -2.46. The van der Waals surface area contributed by atoms with E-state index in [1.807, 2.05) is 18.2 Å². The van der Waals surface area contributed by atoms with Gasteiger partial charge in [0, 0.05) is 31.9 Å². The highest BCUT2D eigenvalue weighted by Crippen LogP contribution is 2.23. The quantitative estimate of drug-likeness (QED) is 0.785. The Balaban J connectivity index is 1.96. The van der Waals surface area contributed by atoms with Gasteiger partial charge in [0.25, 0.3) is 0 Å². The molecule has 0 aromatic heterocycles. The SMILES string of the molecule is C=C(C)CS(=O)(=O)N1CCC(N(C)c2ccccc2)CC1. The van der Waals surface area contributed by atoms with E-state index in [0.29, 0.717) is 24.7 Å². The predicted octanol–water partition coefficient (Wildman–Crippen LogP) is 2.49. The third kappa shape index (κ3) is 4.08. The van der Waals surface area contributed by atoms with Crippen LogP contribution in [0, 0.1) is 0 Å². The number of sulfonamides is 1. The molecule has 1 aliphatic heterocycles. The summed E-state index contributed by atoms with van der Waals surface area (Å²) in [7, 11) is -1.10. The first-order valence-corrected chi connectivity index (χ1v) is 8.91. The molecule has 1 aromatic carbocycles. The number of piperidine rings is 1. The molecule has 1 heterocycles. The minimum Gasteiger partial charge on any atom is -0.372 e. The molecular weight excluding hydrogens is 284 g/mol. The van der Waals surface area contributed by atoms with Gasteiger partial charge >= 0.3 is 0 Å². The maximum Gasteiger partial charge on any atom is 0.217 e. The van der Waals surface area contributed by atoms with Gasteiger partial charge in [-0.05, 0) is 31.9 Å². The van der Waals surface area contributed by atoms with Crippen molar-refractivity contribution in [1.82, 2.24) is 4.31 Å². The lowest BCUT2D eigenvalue weighted by atomic mass is 10.0. The van der Waals surface area contributed by atoms with Gasteiger partial charge in [-0.3, -0.25) is 0 Å². The molecule has 0 bridgehead atoms. The molecule has 0 spiro atoms. The summed E-state index contributed by atoms with van der Waals surface area (Å²) in [6.07, 6.45) is 1.72. The summed E-state index contributed by atoms with van der Waals surface area (Å²) in [5.41, 5.74) is 1.87. The number of benzene rings is 1. The average Bonchev–Trinajstić information content (AvgIpc) is 2.46. The number of hydrogen-bond acceptors (Lipinski definition) is 3. The van der Waals surface area contributed by atoms with Crippen LogP contribution in [0.3, 0.4) is 0 Å². The summed E-state index contributed by atoms with van der Waals surface area (Å²) in [6, 6.07) is 10.6. The predicted molar refractivity (Wildman–Crippen MR) is 88.0 cm³/mol. The van der Waals surface area contributed by atoms with E-state index < -0.39 is 10.0 Å². The van der Waals surface area contributed by atoms with Crippen molar-refractivity contribution < 1.29 is 8.42 Å². The Labute approximate surface area is 128 Å². The number of anilines is 1. The van der Waals surface area contributed by atoms with E-state index in [9.17, 15) is 8.42 Å². The van der Waals surface area contributed by atoms with Crippen LogP contribution < -0.4 is 4.90 Å². The van der Waals surface area contributed by atoms with Gasteiger partial charge in [0.2, 0.25) is 10.0 Å². The molecule has 0 radical (unpaired) electrons. The lowest BCUT2D eigenvalue weighted by molar-refractivity contribution is 0.315. The monoisotopic (exact) mass is 308 g/mol. The first-order chi connectivity index (χ1) is 9.90. The molecule has 0 N–H and O–H groups in total. The topological polar surface area (TPSA) is 40.6 Å². The van der Waals surface area contributed by atoms with E-state index in [1.165, 1.54) is 5.69 Å². The number of para-hydroxylation sites is 1. The molecule has 0 atom stereocenters. The molecule has 4 nitrogen and oxygen atoms in total. The molecule has 0 amide bonds. The smallest absolute Gasteiger partial charge is 0.217 e. The van der Waals surface area contributed by atoms with Crippen LogP contribution in [0.25, 0.3) is 0 Å². The molecule has 21 heavy (non-hydrogen) atoms. The highest BCUT2D eigenvalue weighted by molar-refractivity contribution is 7.89. The van der Waals surface area contributed by atoms with Gasteiger partial charge in [0.05, 0.1) is 5.75 Å². The summed E-state index contributed by atoms with van der Waals surface area (Å²) in [4.78, 5) is 2.25. The Morgan fingerprint density at radius 3 is 2.38 bits per heavy atom. The molecule has 0 saturated carbocycles. The van der Waals surface area contributed by atoms with Gasteiger partial charge in [-0.1, -0.05) is 30.4 Å². The van der Waals surface area contributed by atoms with E-state index in [-0.39, 0.29) is 5.75 Å². The van der Waals surface area contributed by atoms with Crippen LogP contribution in [0.15, 0.2) is 42.5 Å². The van der Waals surface area contributed by atoms with Crippen molar-refractivity contribution >= 4 is 15.7 Å². The van der Waals surface area contributed by atoms with Crippen molar-refractivity contribution in [1.29, 1.82) is 0 Å². The Morgan fingerprint density at radius 2 is 1.86 bits per heavy atom. The summed E-state index contributed by atoms with van der Waals surface area (Å²) >= 11 is 0. The van der Waals surface area contributed by atoms with Gasteiger partial charge < -0.3 is 4.90 Å². The molecular formula is C16H24N2O2S. The molecule has 0 aliphatic carbocycles. The summed E-state index contributed by atoms with van der Waals surface area (Å²) < 4.78 is 26.0. The van der Waals surface area contributed by atoms with Crippen LogP contribution in [0.1, 0.15) is 19.8 Å². The normalized spacial score (nSPS) is 17.6. The summed E-state index contributed by atoms with van der Waals surface area (Å²) in [6.45, 7) is 6.65. The van der Waals surface area contributed by atoms with Crippen LogP contribution >= 0.6 is 0 Å². The lowest BCUT2D eigenvalue weighted by Gasteiger charge is -2.37. The van der Waals surface area contributed by atoms with Gasteiger partial charge in [-0.2, -0.15) is 0 Å². The van der Waals surface area contributed by atoms with E-state index in [4.69, 9.17) is 0 Å². The van der Waals surface area contributed by atoms with Crippen molar-refractivity contribution in [2.45, 2.75) is 25.8 Å². The third-order valence-corrected chi connectivity index (χ3v) is 5.97. The number of hydrogen-bond donors (Lipinski definition) is 0. The molecule has 1 aliphatic rings. The zero-order valence-corrected chi connectivity index (χ0v) is 13.6. The van der Waals surface area contributed by atoms with Crippen LogP contribution in [-0.2, 0) is 10.0 Å². The fourth-order valence-electron chi connectivity index (χ4n) is 2.78. The second-order valence-corrected chi connectivity index (χ2v) is 7.76. The Hall–Kier alpha value is -1.33. The molecule has 1 aromatic rings. The fraction of sp³-hybridized carbons (Fsp3) is 0.500. The minimum atomic E-state index is -3.18. The Bertz CT molecular complexity index is 576. The van der Waals surface area contributed by atoms with E-state index in [1.54, 1.807) is 11.2 Å². The van der Waals surface area contributed by atoms with Gasteiger partial charge in [0.1, 0.15) is 0 Å². The second kappa shape index (κ2) is 6.62. The molecule has 1 saturated heterocycles. The van der Waals surface area contributed by atoms with Crippen molar-refractivity contribution in [2.24, 2.45) is 0 Å². The molecule has 2 rings (SSSR count). The van der Waals surface area contributed by atoms with Crippen LogP contribution in [0.2, 0.25) is 0 Å². The van der Waals surface area contributed by atoms with Crippen LogP contribution in [-0.4, -0.2) is 44.7 Å². The summed E-state index contributed by atoms with van der Waals surface area (Å²) in [5, 5.41) is 0. The molecule has 116 valence electrons. The molecule has 5 heteroatoms. The van der Waals surface area contributed by atoms with E-state index in [0.717, 1.165) is 12.8 Å². The first-order valence-electron chi connectivity index (χ1n) is 7.30. The highest BCUT2D eigenvalue weighted by atomic mass is 32.2. The van der Waals surface area contributed by atoms with Crippen LogP contribution in [0.5, 0.6) is 0 Å².